The van der Waals surface area contributed by atoms with Crippen LogP contribution in [0.1, 0.15) is 36.5 Å². The predicted molar refractivity (Wildman–Crippen MR) is 75.4 cm³/mol. The second-order valence-electron chi connectivity index (χ2n) is 4.88. The van der Waals surface area contributed by atoms with Gasteiger partial charge in [0.05, 0.1) is 0 Å². The van der Waals surface area contributed by atoms with E-state index in [9.17, 15) is 9.59 Å². The Kier molecular flexibility index (Phi) is 4.59. The minimum atomic E-state index is 0.0297. The number of likely N-dealkylation sites (tertiary alicyclic amines) is 1. The summed E-state index contributed by atoms with van der Waals surface area (Å²) < 4.78 is 0. The Labute approximate surface area is 118 Å². The van der Waals surface area contributed by atoms with Gasteiger partial charge in [-0.1, -0.05) is 18.5 Å². The molecule has 0 bridgehead atoms. The second kappa shape index (κ2) is 6.20. The van der Waals surface area contributed by atoms with Crippen molar-refractivity contribution in [3.05, 3.63) is 34.9 Å². The van der Waals surface area contributed by atoms with Crippen LogP contribution in [0.5, 0.6) is 0 Å². The summed E-state index contributed by atoms with van der Waals surface area (Å²) in [6.45, 7) is 3.25. The maximum absolute atomic E-state index is 12.3. The minimum absolute atomic E-state index is 0.0297. The van der Waals surface area contributed by atoms with E-state index in [-0.39, 0.29) is 17.6 Å². The van der Waals surface area contributed by atoms with Crippen molar-refractivity contribution in [2.75, 3.05) is 13.1 Å². The zero-order valence-corrected chi connectivity index (χ0v) is 11.8. The first-order valence-corrected chi connectivity index (χ1v) is 7.07. The Morgan fingerprint density at radius 3 is 2.32 bits per heavy atom. The summed E-state index contributed by atoms with van der Waals surface area (Å²) in [5.41, 5.74) is 0.713. The number of carbonyl (C=O) groups excluding carboxylic acids is 2. The summed E-state index contributed by atoms with van der Waals surface area (Å²) in [6.07, 6.45) is 2.05. The topological polar surface area (TPSA) is 37.4 Å². The third-order valence-corrected chi connectivity index (χ3v) is 3.90. The molecule has 1 heterocycles. The average Bonchev–Trinajstić information content (AvgIpc) is 2.46. The van der Waals surface area contributed by atoms with E-state index in [0.717, 1.165) is 12.8 Å². The number of benzene rings is 1. The van der Waals surface area contributed by atoms with Crippen LogP contribution in [-0.4, -0.2) is 29.7 Å². The normalized spacial score (nSPS) is 16.4. The standard InChI is InChI=1S/C15H18ClNO2/c1-2-14(18)17-9-7-12(8-10-17)15(19)11-3-5-13(16)6-4-11/h3-6,12H,2,7-10H2,1H3. The predicted octanol–water partition coefficient (Wildman–Crippen LogP) is 3.17. The molecule has 1 aromatic carbocycles. The maximum Gasteiger partial charge on any atom is 0.222 e. The maximum atomic E-state index is 12.3. The first-order chi connectivity index (χ1) is 9.11. The lowest BCUT2D eigenvalue weighted by molar-refractivity contribution is -0.132. The summed E-state index contributed by atoms with van der Waals surface area (Å²) in [5.74, 6) is 0.375. The van der Waals surface area contributed by atoms with Gasteiger partial charge in [-0.2, -0.15) is 0 Å². The van der Waals surface area contributed by atoms with E-state index < -0.39 is 0 Å². The molecule has 0 N–H and O–H groups in total. The molecule has 1 amide bonds. The lowest BCUT2D eigenvalue weighted by Crippen LogP contribution is -2.39. The van der Waals surface area contributed by atoms with Crippen molar-refractivity contribution in [2.45, 2.75) is 26.2 Å². The number of rotatable bonds is 3. The Morgan fingerprint density at radius 2 is 1.79 bits per heavy atom. The zero-order chi connectivity index (χ0) is 13.8. The van der Waals surface area contributed by atoms with E-state index in [2.05, 4.69) is 0 Å². The molecule has 0 spiro atoms. The van der Waals surface area contributed by atoms with Gasteiger partial charge in [-0.3, -0.25) is 9.59 Å². The van der Waals surface area contributed by atoms with Crippen molar-refractivity contribution < 1.29 is 9.59 Å². The number of hydrogen-bond donors (Lipinski definition) is 0. The average molecular weight is 280 g/mol. The number of amides is 1. The number of hydrogen-bond acceptors (Lipinski definition) is 2. The molecule has 1 saturated heterocycles. The van der Waals surface area contributed by atoms with E-state index in [1.165, 1.54) is 0 Å². The Bertz CT molecular complexity index is 462. The molecule has 1 aromatic rings. The second-order valence-corrected chi connectivity index (χ2v) is 5.32. The highest BCUT2D eigenvalue weighted by Crippen LogP contribution is 2.23. The van der Waals surface area contributed by atoms with Crippen molar-refractivity contribution in [3.8, 4) is 0 Å². The molecule has 0 atom stereocenters. The Hall–Kier alpha value is -1.35. The minimum Gasteiger partial charge on any atom is -0.343 e. The molecule has 0 saturated carbocycles. The van der Waals surface area contributed by atoms with E-state index in [1.807, 2.05) is 11.8 Å². The molecule has 19 heavy (non-hydrogen) atoms. The van der Waals surface area contributed by atoms with Gasteiger partial charge in [0.25, 0.3) is 0 Å². The van der Waals surface area contributed by atoms with E-state index in [1.54, 1.807) is 24.3 Å². The summed E-state index contributed by atoms with van der Waals surface area (Å²) in [6, 6.07) is 7.03. The number of Topliss-reactive ketones (excluding diaryl/α,β-unsaturated/α-hetero) is 1. The molecule has 1 aliphatic heterocycles. The van der Waals surface area contributed by atoms with Gasteiger partial charge in [-0.15, -0.1) is 0 Å². The Morgan fingerprint density at radius 1 is 1.21 bits per heavy atom. The van der Waals surface area contributed by atoms with Crippen molar-refractivity contribution in [2.24, 2.45) is 5.92 Å². The first kappa shape index (κ1) is 14.1. The van der Waals surface area contributed by atoms with Crippen molar-refractivity contribution in [3.63, 3.8) is 0 Å². The zero-order valence-electron chi connectivity index (χ0n) is 11.1. The lowest BCUT2D eigenvalue weighted by atomic mass is 9.89. The molecular formula is C15H18ClNO2. The van der Waals surface area contributed by atoms with Crippen LogP contribution < -0.4 is 0 Å². The SMILES string of the molecule is CCC(=O)N1CCC(C(=O)c2ccc(Cl)cc2)CC1. The Balaban J connectivity index is 1.96. The fourth-order valence-electron chi connectivity index (χ4n) is 2.46. The molecule has 1 fully saturated rings. The summed E-state index contributed by atoms with van der Waals surface area (Å²) in [7, 11) is 0. The van der Waals surface area contributed by atoms with Crippen LogP contribution in [0.15, 0.2) is 24.3 Å². The highest BCUT2D eigenvalue weighted by Gasteiger charge is 2.27. The molecule has 4 heteroatoms. The third-order valence-electron chi connectivity index (χ3n) is 3.65. The van der Waals surface area contributed by atoms with Crippen molar-refractivity contribution in [1.29, 1.82) is 0 Å². The van der Waals surface area contributed by atoms with Crippen LogP contribution >= 0.6 is 11.6 Å². The summed E-state index contributed by atoms with van der Waals surface area (Å²) in [4.78, 5) is 25.7. The molecule has 0 aromatic heterocycles. The number of nitrogens with zero attached hydrogens (tertiary/aromatic N) is 1. The van der Waals surface area contributed by atoms with Gasteiger partial charge in [-0.25, -0.2) is 0 Å². The van der Waals surface area contributed by atoms with Gasteiger partial charge in [0, 0.05) is 36.0 Å². The van der Waals surface area contributed by atoms with Crippen molar-refractivity contribution in [1.82, 2.24) is 4.90 Å². The van der Waals surface area contributed by atoms with Gasteiger partial charge in [0.2, 0.25) is 5.91 Å². The van der Waals surface area contributed by atoms with Gasteiger partial charge < -0.3 is 4.90 Å². The van der Waals surface area contributed by atoms with Crippen LogP contribution in [0.4, 0.5) is 0 Å². The molecular weight excluding hydrogens is 262 g/mol. The fraction of sp³-hybridized carbons (Fsp3) is 0.467. The molecule has 2 rings (SSSR count). The van der Waals surface area contributed by atoms with Gasteiger partial charge in [0.15, 0.2) is 5.78 Å². The number of piperidine rings is 1. The largest absolute Gasteiger partial charge is 0.343 e. The highest BCUT2D eigenvalue weighted by atomic mass is 35.5. The van der Waals surface area contributed by atoms with E-state index in [4.69, 9.17) is 11.6 Å². The van der Waals surface area contributed by atoms with Crippen LogP contribution in [-0.2, 0) is 4.79 Å². The molecule has 102 valence electrons. The lowest BCUT2D eigenvalue weighted by Gasteiger charge is -2.31. The smallest absolute Gasteiger partial charge is 0.222 e. The van der Waals surface area contributed by atoms with Crippen LogP contribution in [0.25, 0.3) is 0 Å². The fourth-order valence-corrected chi connectivity index (χ4v) is 2.59. The van der Waals surface area contributed by atoms with E-state index >= 15 is 0 Å². The molecule has 1 aliphatic rings. The molecule has 0 radical (unpaired) electrons. The van der Waals surface area contributed by atoms with E-state index in [0.29, 0.717) is 30.1 Å². The highest BCUT2D eigenvalue weighted by molar-refractivity contribution is 6.30. The van der Waals surface area contributed by atoms with Gasteiger partial charge >= 0.3 is 0 Å². The first-order valence-electron chi connectivity index (χ1n) is 6.69. The number of halogens is 1. The van der Waals surface area contributed by atoms with Crippen LogP contribution in [0.2, 0.25) is 5.02 Å². The van der Waals surface area contributed by atoms with Crippen LogP contribution in [0.3, 0.4) is 0 Å². The summed E-state index contributed by atoms with van der Waals surface area (Å²) in [5, 5.41) is 0.639. The van der Waals surface area contributed by atoms with Crippen molar-refractivity contribution >= 4 is 23.3 Å². The monoisotopic (exact) mass is 279 g/mol. The van der Waals surface area contributed by atoms with Gasteiger partial charge in [0.1, 0.15) is 0 Å². The molecule has 3 nitrogen and oxygen atoms in total. The number of carbonyl (C=O) groups is 2. The van der Waals surface area contributed by atoms with Crippen LogP contribution in [0, 0.1) is 5.92 Å². The van der Waals surface area contributed by atoms with Gasteiger partial charge in [-0.05, 0) is 37.1 Å². The molecule has 0 aliphatic carbocycles. The quantitative estimate of drug-likeness (QED) is 0.797. The molecule has 0 unspecified atom stereocenters. The number of ketones is 1. The third kappa shape index (κ3) is 3.35. The summed E-state index contributed by atoms with van der Waals surface area (Å²) >= 11 is 5.82.